The Labute approximate surface area is 132 Å². The first kappa shape index (κ1) is 14.2. The van der Waals surface area contributed by atoms with Crippen LogP contribution in [0.3, 0.4) is 0 Å². The van der Waals surface area contributed by atoms with Crippen LogP contribution < -0.4 is 10.1 Å². The van der Waals surface area contributed by atoms with E-state index in [1.165, 1.54) is 0 Å². The van der Waals surface area contributed by atoms with Crippen molar-refractivity contribution in [3.63, 3.8) is 0 Å². The molecule has 0 unspecified atom stereocenters. The molecule has 0 aliphatic carbocycles. The maximum atomic E-state index is 11.3. The van der Waals surface area contributed by atoms with Crippen LogP contribution in [0.5, 0.6) is 5.75 Å². The van der Waals surface area contributed by atoms with E-state index in [0.717, 1.165) is 29.0 Å². The zero-order valence-electron chi connectivity index (χ0n) is 11.0. The summed E-state index contributed by atoms with van der Waals surface area (Å²) in [5, 5.41) is 3.53. The van der Waals surface area contributed by atoms with E-state index in [-0.39, 0.29) is 5.91 Å². The van der Waals surface area contributed by atoms with E-state index in [9.17, 15) is 4.79 Å². The van der Waals surface area contributed by atoms with Gasteiger partial charge in [0.15, 0.2) is 0 Å². The van der Waals surface area contributed by atoms with Crippen molar-refractivity contribution in [3.05, 3.63) is 51.8 Å². The Kier molecular flexibility index (Phi) is 3.99. The zero-order chi connectivity index (χ0) is 14.8. The number of carbonyl (C=O) groups is 1. The quantitative estimate of drug-likeness (QED) is 0.873. The van der Waals surface area contributed by atoms with Crippen LogP contribution in [0.1, 0.15) is 17.5 Å². The Morgan fingerprint density at radius 1 is 1.19 bits per heavy atom. The van der Waals surface area contributed by atoms with Crippen LogP contribution in [-0.2, 0) is 17.8 Å². The van der Waals surface area contributed by atoms with Crippen LogP contribution in [0.2, 0.25) is 10.3 Å². The van der Waals surface area contributed by atoms with E-state index in [2.05, 4.69) is 10.3 Å². The summed E-state index contributed by atoms with van der Waals surface area (Å²) in [5.74, 6) is 0.783. The molecular weight excluding hydrogens is 311 g/mol. The maximum absolute atomic E-state index is 11.3. The normalized spacial score (nSPS) is 13.5. The van der Waals surface area contributed by atoms with E-state index in [1.807, 2.05) is 18.2 Å². The number of amides is 1. The molecule has 0 saturated carbocycles. The summed E-state index contributed by atoms with van der Waals surface area (Å²) in [7, 11) is 0. The van der Waals surface area contributed by atoms with Gasteiger partial charge >= 0.3 is 0 Å². The topological polar surface area (TPSA) is 51.2 Å². The van der Waals surface area contributed by atoms with E-state index in [1.54, 1.807) is 12.1 Å². The third-order valence-electron chi connectivity index (χ3n) is 3.26. The number of aryl methyl sites for hydroxylation is 1. The highest BCUT2D eigenvalue weighted by Gasteiger charge is 2.15. The number of fused-ring (bicyclic) bond motifs is 1. The van der Waals surface area contributed by atoms with Gasteiger partial charge in [-0.1, -0.05) is 23.2 Å². The highest BCUT2D eigenvalue weighted by molar-refractivity contribution is 6.32. The predicted octanol–water partition coefficient (Wildman–Crippen LogP) is 3.85. The minimum Gasteiger partial charge on any atom is -0.489 e. The van der Waals surface area contributed by atoms with Crippen LogP contribution in [-0.4, -0.2) is 10.9 Å². The van der Waals surface area contributed by atoms with Gasteiger partial charge in [-0.15, -0.1) is 0 Å². The zero-order valence-corrected chi connectivity index (χ0v) is 12.5. The van der Waals surface area contributed by atoms with Crippen molar-refractivity contribution in [3.8, 4) is 5.75 Å². The summed E-state index contributed by atoms with van der Waals surface area (Å²) in [5.41, 5.74) is 2.70. The summed E-state index contributed by atoms with van der Waals surface area (Å²) in [6, 6.07) is 9.07. The molecule has 1 aliphatic rings. The number of benzene rings is 1. The number of halogens is 2. The molecule has 0 saturated heterocycles. The Morgan fingerprint density at radius 3 is 2.86 bits per heavy atom. The number of nitrogens with zero attached hydrogens (tertiary/aromatic N) is 1. The van der Waals surface area contributed by atoms with Gasteiger partial charge in [-0.2, -0.15) is 0 Å². The van der Waals surface area contributed by atoms with Crippen LogP contribution in [0.25, 0.3) is 0 Å². The molecule has 1 aromatic heterocycles. The predicted molar refractivity (Wildman–Crippen MR) is 82.0 cm³/mol. The molecule has 0 atom stereocenters. The maximum Gasteiger partial charge on any atom is 0.224 e. The minimum absolute atomic E-state index is 0.0511. The second-order valence-electron chi connectivity index (χ2n) is 4.74. The van der Waals surface area contributed by atoms with Crippen molar-refractivity contribution in [2.24, 2.45) is 0 Å². The molecular formula is C15H12Cl2N2O2. The van der Waals surface area contributed by atoms with Gasteiger partial charge < -0.3 is 10.1 Å². The molecule has 0 fully saturated rings. The van der Waals surface area contributed by atoms with Crippen molar-refractivity contribution in [1.82, 2.24) is 4.98 Å². The van der Waals surface area contributed by atoms with Gasteiger partial charge in [0.05, 0.1) is 0 Å². The Bertz CT molecular complexity index is 704. The van der Waals surface area contributed by atoms with Gasteiger partial charge in [0.1, 0.15) is 22.7 Å². The largest absolute Gasteiger partial charge is 0.489 e. The van der Waals surface area contributed by atoms with Gasteiger partial charge in [-0.25, -0.2) is 4.98 Å². The van der Waals surface area contributed by atoms with Crippen LogP contribution in [0.4, 0.5) is 5.69 Å². The first-order valence-electron chi connectivity index (χ1n) is 6.48. The number of pyridine rings is 1. The number of anilines is 1. The Morgan fingerprint density at radius 2 is 2.05 bits per heavy atom. The summed E-state index contributed by atoms with van der Waals surface area (Å²) in [6.07, 6.45) is 1.23. The van der Waals surface area contributed by atoms with Crippen molar-refractivity contribution in [2.45, 2.75) is 19.4 Å². The standard InChI is InChI=1S/C15H12Cl2N2O2/c16-13-5-1-10(15(17)19-13)8-21-11-3-4-12-9(7-11)2-6-14(20)18-12/h1,3-5,7H,2,6,8H2,(H,18,20). The number of hydrogen-bond acceptors (Lipinski definition) is 3. The number of carbonyl (C=O) groups excluding carboxylic acids is 1. The van der Waals surface area contributed by atoms with Crippen molar-refractivity contribution < 1.29 is 9.53 Å². The average Bonchev–Trinajstić information content (AvgIpc) is 2.46. The fraction of sp³-hybridized carbons (Fsp3) is 0.200. The number of aromatic nitrogens is 1. The lowest BCUT2D eigenvalue weighted by molar-refractivity contribution is -0.116. The molecule has 0 radical (unpaired) electrons. The molecule has 1 amide bonds. The number of nitrogens with one attached hydrogen (secondary N) is 1. The fourth-order valence-electron chi connectivity index (χ4n) is 2.16. The summed E-state index contributed by atoms with van der Waals surface area (Å²) in [6.45, 7) is 0.314. The van der Waals surface area contributed by atoms with Gasteiger partial charge in [0.2, 0.25) is 5.91 Å². The third kappa shape index (κ3) is 3.28. The van der Waals surface area contributed by atoms with Gasteiger partial charge in [-0.05, 0) is 42.3 Å². The number of ether oxygens (including phenoxy) is 1. The third-order valence-corrected chi connectivity index (χ3v) is 3.80. The first-order valence-corrected chi connectivity index (χ1v) is 7.24. The van der Waals surface area contributed by atoms with E-state index < -0.39 is 0 Å². The minimum atomic E-state index is 0.0511. The van der Waals surface area contributed by atoms with Gasteiger partial charge in [0.25, 0.3) is 0 Å². The molecule has 1 aromatic carbocycles. The molecule has 21 heavy (non-hydrogen) atoms. The SMILES string of the molecule is O=C1CCc2cc(OCc3ccc(Cl)nc3Cl)ccc2N1. The summed E-state index contributed by atoms with van der Waals surface area (Å²) < 4.78 is 5.73. The molecule has 2 aromatic rings. The molecule has 2 heterocycles. The molecule has 108 valence electrons. The van der Waals surface area contributed by atoms with Gasteiger partial charge in [0, 0.05) is 17.7 Å². The lowest BCUT2D eigenvalue weighted by Crippen LogP contribution is -2.18. The first-order chi connectivity index (χ1) is 10.1. The lowest BCUT2D eigenvalue weighted by Gasteiger charge is -2.17. The number of hydrogen-bond donors (Lipinski definition) is 1. The van der Waals surface area contributed by atoms with Gasteiger partial charge in [-0.3, -0.25) is 4.79 Å². The second kappa shape index (κ2) is 5.92. The molecule has 0 spiro atoms. The van der Waals surface area contributed by atoms with E-state index in [4.69, 9.17) is 27.9 Å². The highest BCUT2D eigenvalue weighted by atomic mass is 35.5. The fourth-order valence-corrected chi connectivity index (χ4v) is 2.56. The molecule has 4 nitrogen and oxygen atoms in total. The lowest BCUT2D eigenvalue weighted by atomic mass is 10.0. The summed E-state index contributed by atoms with van der Waals surface area (Å²) in [4.78, 5) is 15.3. The van der Waals surface area contributed by atoms with Crippen molar-refractivity contribution in [2.75, 3.05) is 5.32 Å². The van der Waals surface area contributed by atoms with E-state index >= 15 is 0 Å². The average molecular weight is 323 g/mol. The van der Waals surface area contributed by atoms with Crippen molar-refractivity contribution in [1.29, 1.82) is 0 Å². The van der Waals surface area contributed by atoms with Crippen LogP contribution in [0, 0.1) is 0 Å². The number of rotatable bonds is 3. The highest BCUT2D eigenvalue weighted by Crippen LogP contribution is 2.27. The van der Waals surface area contributed by atoms with E-state index in [0.29, 0.717) is 23.3 Å². The Balaban J connectivity index is 1.72. The molecule has 3 rings (SSSR count). The van der Waals surface area contributed by atoms with Crippen LogP contribution in [0.15, 0.2) is 30.3 Å². The molecule has 0 bridgehead atoms. The molecule has 1 N–H and O–H groups in total. The molecule has 6 heteroatoms. The molecule has 1 aliphatic heterocycles. The van der Waals surface area contributed by atoms with Crippen molar-refractivity contribution >= 4 is 34.8 Å². The second-order valence-corrected chi connectivity index (χ2v) is 5.48. The monoisotopic (exact) mass is 322 g/mol. The summed E-state index contributed by atoms with van der Waals surface area (Å²) >= 11 is 11.8. The smallest absolute Gasteiger partial charge is 0.224 e. The van der Waals surface area contributed by atoms with Crippen LogP contribution >= 0.6 is 23.2 Å². The Hall–Kier alpha value is -1.78.